The average molecular weight is 421 g/mol. The molecule has 1 heterocycles. The van der Waals surface area contributed by atoms with Gasteiger partial charge in [-0.2, -0.15) is 0 Å². The molecule has 0 radical (unpaired) electrons. The summed E-state index contributed by atoms with van der Waals surface area (Å²) in [4.78, 5) is 13.2. The molecule has 27 heavy (non-hydrogen) atoms. The van der Waals surface area contributed by atoms with Gasteiger partial charge in [0.2, 0.25) is 15.9 Å². The summed E-state index contributed by atoms with van der Waals surface area (Å²) in [5.74, 6) is -1.20. The minimum atomic E-state index is -4.14. The average Bonchev–Trinajstić information content (AvgIpc) is 2.59. The summed E-state index contributed by atoms with van der Waals surface area (Å²) in [6.07, 6.45) is 0.668. The highest BCUT2D eigenvalue weighted by Crippen LogP contribution is 2.20. The van der Waals surface area contributed by atoms with Gasteiger partial charge in [0.25, 0.3) is 0 Å². The minimum Gasteiger partial charge on any atom is -0.341 e. The SMILES string of the molecule is CC(C)CS(=O)(=O)C1CCN(C(=O)CNS(=O)(=O)c2ccccc2F)CC1. The molecule has 1 aliphatic rings. The highest BCUT2D eigenvalue weighted by atomic mass is 32.2. The van der Waals surface area contributed by atoms with Crippen molar-refractivity contribution < 1.29 is 26.0 Å². The molecule has 0 spiro atoms. The van der Waals surface area contributed by atoms with E-state index in [9.17, 15) is 26.0 Å². The predicted molar refractivity (Wildman–Crippen MR) is 99.8 cm³/mol. The first-order chi connectivity index (χ1) is 12.5. The fourth-order valence-corrected chi connectivity index (χ4v) is 6.26. The number of halogens is 1. The van der Waals surface area contributed by atoms with Crippen molar-refractivity contribution in [3.05, 3.63) is 30.1 Å². The number of rotatable bonds is 7. The fraction of sp³-hybridized carbons (Fsp3) is 0.588. The minimum absolute atomic E-state index is 0.0439. The number of sulfonamides is 1. The molecule has 0 aliphatic carbocycles. The van der Waals surface area contributed by atoms with E-state index in [2.05, 4.69) is 4.72 Å². The first kappa shape index (κ1) is 21.8. The molecule has 1 aromatic carbocycles. The van der Waals surface area contributed by atoms with Gasteiger partial charge in [-0.3, -0.25) is 4.79 Å². The quantitative estimate of drug-likeness (QED) is 0.714. The van der Waals surface area contributed by atoms with Crippen LogP contribution in [0.2, 0.25) is 0 Å². The maximum atomic E-state index is 13.6. The molecule has 0 saturated carbocycles. The van der Waals surface area contributed by atoms with E-state index in [1.807, 2.05) is 13.8 Å². The molecule has 0 atom stereocenters. The molecule has 152 valence electrons. The molecule has 0 bridgehead atoms. The smallest absolute Gasteiger partial charge is 0.243 e. The zero-order valence-corrected chi connectivity index (χ0v) is 17.0. The summed E-state index contributed by atoms with van der Waals surface area (Å²) in [5, 5.41) is -0.473. The van der Waals surface area contributed by atoms with E-state index in [-0.39, 0.29) is 24.8 Å². The Morgan fingerprint density at radius 3 is 2.33 bits per heavy atom. The summed E-state index contributed by atoms with van der Waals surface area (Å²) in [7, 11) is -7.34. The second-order valence-electron chi connectivity index (χ2n) is 7.06. The normalized spacial score (nSPS) is 16.7. The molecule has 10 heteroatoms. The van der Waals surface area contributed by atoms with Gasteiger partial charge >= 0.3 is 0 Å². The lowest BCUT2D eigenvalue weighted by atomic mass is 10.1. The molecule has 1 N–H and O–H groups in total. The van der Waals surface area contributed by atoms with E-state index >= 15 is 0 Å². The summed E-state index contributed by atoms with van der Waals surface area (Å²) in [6.45, 7) is 3.69. The molecule has 1 fully saturated rings. The largest absolute Gasteiger partial charge is 0.341 e. The van der Waals surface area contributed by atoms with Gasteiger partial charge in [-0.15, -0.1) is 0 Å². The third kappa shape index (κ3) is 5.73. The first-order valence-corrected chi connectivity index (χ1v) is 12.0. The van der Waals surface area contributed by atoms with Gasteiger partial charge in [0.05, 0.1) is 17.5 Å². The van der Waals surface area contributed by atoms with Gasteiger partial charge < -0.3 is 4.90 Å². The number of carbonyl (C=O) groups excluding carboxylic acids is 1. The maximum Gasteiger partial charge on any atom is 0.243 e. The summed E-state index contributed by atoms with van der Waals surface area (Å²) < 4.78 is 64.6. The Balaban J connectivity index is 1.91. The van der Waals surface area contributed by atoms with Gasteiger partial charge in [-0.25, -0.2) is 25.9 Å². The van der Waals surface area contributed by atoms with E-state index in [0.717, 1.165) is 12.1 Å². The van der Waals surface area contributed by atoms with Gasteiger partial charge in [0, 0.05) is 13.1 Å². The first-order valence-electron chi connectivity index (χ1n) is 8.76. The molecular weight excluding hydrogens is 395 g/mol. The molecule has 1 aromatic rings. The van der Waals surface area contributed by atoms with Crippen molar-refractivity contribution in [2.45, 2.75) is 36.8 Å². The van der Waals surface area contributed by atoms with Crippen LogP contribution in [0.5, 0.6) is 0 Å². The Bertz CT molecular complexity index is 876. The van der Waals surface area contributed by atoms with Crippen molar-refractivity contribution in [2.24, 2.45) is 5.92 Å². The van der Waals surface area contributed by atoms with Gasteiger partial charge in [-0.05, 0) is 30.9 Å². The number of benzene rings is 1. The fourth-order valence-electron chi connectivity index (χ4n) is 3.07. The lowest BCUT2D eigenvalue weighted by Gasteiger charge is -2.32. The molecule has 1 amide bonds. The van der Waals surface area contributed by atoms with Crippen LogP contribution in [-0.4, -0.2) is 58.3 Å². The second kappa shape index (κ2) is 8.66. The number of piperidine rings is 1. The zero-order valence-electron chi connectivity index (χ0n) is 15.4. The Morgan fingerprint density at radius 1 is 1.19 bits per heavy atom. The summed E-state index contributed by atoms with van der Waals surface area (Å²) in [5.41, 5.74) is 0. The number of nitrogens with zero attached hydrogens (tertiary/aromatic N) is 1. The van der Waals surface area contributed by atoms with E-state index in [4.69, 9.17) is 0 Å². The van der Waals surface area contributed by atoms with Crippen molar-refractivity contribution in [1.82, 2.24) is 9.62 Å². The number of hydrogen-bond donors (Lipinski definition) is 1. The van der Waals surface area contributed by atoms with Crippen molar-refractivity contribution in [2.75, 3.05) is 25.4 Å². The Labute approximate surface area is 159 Å². The number of likely N-dealkylation sites (tertiary alicyclic amines) is 1. The maximum absolute atomic E-state index is 13.6. The van der Waals surface area contributed by atoms with Crippen LogP contribution in [0.3, 0.4) is 0 Å². The van der Waals surface area contributed by atoms with Gasteiger partial charge in [-0.1, -0.05) is 26.0 Å². The lowest BCUT2D eigenvalue weighted by molar-refractivity contribution is -0.130. The molecule has 0 unspecified atom stereocenters. The zero-order chi connectivity index (χ0) is 20.2. The number of hydrogen-bond acceptors (Lipinski definition) is 5. The topological polar surface area (TPSA) is 101 Å². The Kier molecular flexibility index (Phi) is 6.98. The molecule has 2 rings (SSSR count). The molecule has 7 nitrogen and oxygen atoms in total. The molecular formula is C17H25FN2O5S2. The monoisotopic (exact) mass is 420 g/mol. The van der Waals surface area contributed by atoms with Crippen molar-refractivity contribution in [1.29, 1.82) is 0 Å². The van der Waals surface area contributed by atoms with E-state index < -0.39 is 48.3 Å². The van der Waals surface area contributed by atoms with Crippen LogP contribution in [-0.2, 0) is 24.7 Å². The highest BCUT2D eigenvalue weighted by Gasteiger charge is 2.32. The van der Waals surface area contributed by atoms with Gasteiger partial charge in [0.1, 0.15) is 10.7 Å². The third-order valence-corrected chi connectivity index (χ3v) is 8.46. The summed E-state index contributed by atoms with van der Waals surface area (Å²) in [6, 6.07) is 4.91. The second-order valence-corrected chi connectivity index (χ2v) is 11.1. The van der Waals surface area contributed by atoms with Crippen LogP contribution >= 0.6 is 0 Å². The number of carbonyl (C=O) groups is 1. The standard InChI is InChI=1S/C17H25FN2O5S2/c1-13(2)12-26(22,23)14-7-9-20(10-8-14)17(21)11-19-27(24,25)16-6-4-3-5-15(16)18/h3-6,13-14,19H,7-12H2,1-2H3. The van der Waals surface area contributed by atoms with Crippen molar-refractivity contribution in [3.8, 4) is 0 Å². The van der Waals surface area contributed by atoms with Crippen molar-refractivity contribution in [3.63, 3.8) is 0 Å². The number of nitrogens with one attached hydrogen (secondary N) is 1. The Hall–Kier alpha value is -1.52. The van der Waals surface area contributed by atoms with Crippen molar-refractivity contribution >= 4 is 25.8 Å². The van der Waals surface area contributed by atoms with Crippen LogP contribution in [0.15, 0.2) is 29.2 Å². The van der Waals surface area contributed by atoms with Gasteiger partial charge in [0.15, 0.2) is 9.84 Å². The lowest BCUT2D eigenvalue weighted by Crippen LogP contribution is -2.46. The van der Waals surface area contributed by atoms with Crippen LogP contribution in [0, 0.1) is 11.7 Å². The highest BCUT2D eigenvalue weighted by molar-refractivity contribution is 7.92. The van der Waals surface area contributed by atoms with E-state index in [0.29, 0.717) is 12.8 Å². The number of amides is 1. The Morgan fingerprint density at radius 2 is 1.78 bits per heavy atom. The van der Waals surface area contributed by atoms with Crippen LogP contribution < -0.4 is 4.72 Å². The third-order valence-electron chi connectivity index (χ3n) is 4.41. The predicted octanol–water partition coefficient (Wildman–Crippen LogP) is 1.17. The molecule has 1 saturated heterocycles. The summed E-state index contributed by atoms with van der Waals surface area (Å²) >= 11 is 0. The number of sulfone groups is 1. The van der Waals surface area contributed by atoms with E-state index in [1.165, 1.54) is 17.0 Å². The molecule has 1 aliphatic heterocycles. The van der Waals surface area contributed by atoms with Crippen LogP contribution in [0.4, 0.5) is 4.39 Å². The van der Waals surface area contributed by atoms with Crippen LogP contribution in [0.1, 0.15) is 26.7 Å². The van der Waals surface area contributed by atoms with Crippen LogP contribution in [0.25, 0.3) is 0 Å². The molecule has 0 aromatic heterocycles. The van der Waals surface area contributed by atoms with E-state index in [1.54, 1.807) is 0 Å².